The van der Waals surface area contributed by atoms with Gasteiger partial charge >= 0.3 is 0 Å². The van der Waals surface area contributed by atoms with Crippen LogP contribution in [0.25, 0.3) is 0 Å². The van der Waals surface area contributed by atoms with E-state index in [2.05, 4.69) is 13.8 Å². The summed E-state index contributed by atoms with van der Waals surface area (Å²) in [7, 11) is 1.59. The molecule has 1 fully saturated rings. The second kappa shape index (κ2) is 7.91. The van der Waals surface area contributed by atoms with Gasteiger partial charge in [0.05, 0.1) is 17.6 Å². The fraction of sp³-hybridized carbons (Fsp3) is 0.400. The van der Waals surface area contributed by atoms with Gasteiger partial charge in [0.1, 0.15) is 5.75 Å². The molecule has 1 aromatic carbocycles. The molecule has 0 aliphatic carbocycles. The van der Waals surface area contributed by atoms with Crippen molar-refractivity contribution in [3.05, 3.63) is 51.7 Å². The zero-order chi connectivity index (χ0) is 18.7. The second-order valence-electron chi connectivity index (χ2n) is 6.68. The van der Waals surface area contributed by atoms with Crippen molar-refractivity contribution in [2.24, 2.45) is 0 Å². The Morgan fingerprint density at radius 1 is 1.04 bits per heavy atom. The van der Waals surface area contributed by atoms with Crippen molar-refractivity contribution >= 4 is 23.2 Å². The number of rotatable bonds is 4. The highest BCUT2D eigenvalue weighted by atomic mass is 32.1. The SMILES string of the molecule is COc1cc(C(C)C)ccc1C(=O)N1CCN(C(=O)c2cccs2)CC1. The van der Waals surface area contributed by atoms with Gasteiger partial charge in [-0.05, 0) is 35.1 Å². The predicted octanol–water partition coefficient (Wildman–Crippen LogP) is 3.48. The summed E-state index contributed by atoms with van der Waals surface area (Å²) in [6, 6.07) is 9.49. The highest BCUT2D eigenvalue weighted by molar-refractivity contribution is 7.12. The molecule has 3 rings (SSSR count). The van der Waals surface area contributed by atoms with Gasteiger partial charge in [-0.1, -0.05) is 26.0 Å². The number of carbonyl (C=O) groups excluding carboxylic acids is 2. The first kappa shape index (κ1) is 18.5. The highest BCUT2D eigenvalue weighted by Gasteiger charge is 2.27. The molecule has 2 amide bonds. The van der Waals surface area contributed by atoms with Gasteiger partial charge in [-0.15, -0.1) is 11.3 Å². The molecule has 0 N–H and O–H groups in total. The summed E-state index contributed by atoms with van der Waals surface area (Å²) >= 11 is 1.45. The molecule has 1 saturated heterocycles. The number of carbonyl (C=O) groups is 2. The topological polar surface area (TPSA) is 49.9 Å². The molecular formula is C20H24N2O3S. The maximum atomic E-state index is 12.9. The first-order chi connectivity index (χ1) is 12.5. The maximum Gasteiger partial charge on any atom is 0.264 e. The maximum absolute atomic E-state index is 12.9. The lowest BCUT2D eigenvalue weighted by atomic mass is 10.0. The molecule has 1 aliphatic heterocycles. The van der Waals surface area contributed by atoms with Crippen molar-refractivity contribution in [1.29, 1.82) is 0 Å². The molecule has 0 atom stereocenters. The Labute approximate surface area is 158 Å². The van der Waals surface area contributed by atoms with Gasteiger partial charge in [0.15, 0.2) is 0 Å². The van der Waals surface area contributed by atoms with E-state index in [1.165, 1.54) is 11.3 Å². The smallest absolute Gasteiger partial charge is 0.264 e. The summed E-state index contributed by atoms with van der Waals surface area (Å²) in [5.74, 6) is 0.990. The Balaban J connectivity index is 1.68. The number of thiophene rings is 1. The van der Waals surface area contributed by atoms with Crippen LogP contribution in [0.3, 0.4) is 0 Å². The van der Waals surface area contributed by atoms with Crippen molar-refractivity contribution in [2.75, 3.05) is 33.3 Å². The Kier molecular flexibility index (Phi) is 5.61. The number of ether oxygens (including phenoxy) is 1. The molecule has 5 nitrogen and oxygen atoms in total. The van der Waals surface area contributed by atoms with Crippen LogP contribution in [0.2, 0.25) is 0 Å². The number of nitrogens with zero attached hydrogens (tertiary/aromatic N) is 2. The summed E-state index contributed by atoms with van der Waals surface area (Å²) in [5, 5.41) is 1.90. The molecular weight excluding hydrogens is 348 g/mol. The molecule has 0 unspecified atom stereocenters. The number of methoxy groups -OCH3 is 1. The molecule has 0 radical (unpaired) electrons. The highest BCUT2D eigenvalue weighted by Crippen LogP contribution is 2.26. The van der Waals surface area contributed by atoms with Crippen molar-refractivity contribution in [2.45, 2.75) is 19.8 Å². The van der Waals surface area contributed by atoms with E-state index < -0.39 is 0 Å². The Morgan fingerprint density at radius 3 is 2.23 bits per heavy atom. The third-order valence-corrected chi connectivity index (χ3v) is 5.57. The van der Waals surface area contributed by atoms with E-state index in [1.807, 2.05) is 40.6 Å². The minimum atomic E-state index is -0.0413. The van der Waals surface area contributed by atoms with Gasteiger partial charge in [-0.25, -0.2) is 0 Å². The number of benzene rings is 1. The van der Waals surface area contributed by atoms with Gasteiger partial charge in [0.25, 0.3) is 11.8 Å². The third-order valence-electron chi connectivity index (χ3n) is 4.71. The van der Waals surface area contributed by atoms with Crippen LogP contribution in [0.4, 0.5) is 0 Å². The molecule has 2 aromatic rings. The number of amides is 2. The van der Waals surface area contributed by atoms with Crippen LogP contribution in [0.1, 0.15) is 45.4 Å². The quantitative estimate of drug-likeness (QED) is 0.826. The van der Waals surface area contributed by atoms with Crippen LogP contribution >= 0.6 is 11.3 Å². The molecule has 1 aromatic heterocycles. The first-order valence-electron chi connectivity index (χ1n) is 8.81. The summed E-state index contributed by atoms with van der Waals surface area (Å²) in [6.45, 7) is 6.39. The van der Waals surface area contributed by atoms with E-state index in [9.17, 15) is 9.59 Å². The van der Waals surface area contributed by atoms with Gasteiger partial charge < -0.3 is 14.5 Å². The number of hydrogen-bond donors (Lipinski definition) is 0. The molecule has 26 heavy (non-hydrogen) atoms. The molecule has 0 saturated carbocycles. The van der Waals surface area contributed by atoms with Crippen LogP contribution in [-0.2, 0) is 0 Å². The van der Waals surface area contributed by atoms with Crippen LogP contribution in [-0.4, -0.2) is 54.9 Å². The van der Waals surface area contributed by atoms with Crippen LogP contribution in [0.5, 0.6) is 5.75 Å². The Morgan fingerprint density at radius 2 is 1.69 bits per heavy atom. The second-order valence-corrected chi connectivity index (χ2v) is 7.62. The van der Waals surface area contributed by atoms with Crippen molar-refractivity contribution in [1.82, 2.24) is 9.80 Å². The molecule has 138 valence electrons. The average molecular weight is 372 g/mol. The van der Waals surface area contributed by atoms with Gasteiger partial charge in [-0.3, -0.25) is 9.59 Å². The van der Waals surface area contributed by atoms with E-state index in [4.69, 9.17) is 4.74 Å². The van der Waals surface area contributed by atoms with Crippen molar-refractivity contribution in [3.63, 3.8) is 0 Å². The monoisotopic (exact) mass is 372 g/mol. The summed E-state index contributed by atoms with van der Waals surface area (Å²) in [6.07, 6.45) is 0. The fourth-order valence-electron chi connectivity index (χ4n) is 3.08. The van der Waals surface area contributed by atoms with E-state index in [-0.39, 0.29) is 11.8 Å². The van der Waals surface area contributed by atoms with Crippen LogP contribution in [0.15, 0.2) is 35.7 Å². The Hall–Kier alpha value is -2.34. The number of hydrogen-bond acceptors (Lipinski definition) is 4. The van der Waals surface area contributed by atoms with Crippen LogP contribution in [0, 0.1) is 0 Å². The zero-order valence-electron chi connectivity index (χ0n) is 15.4. The van der Waals surface area contributed by atoms with E-state index in [0.29, 0.717) is 43.4 Å². The Bertz CT molecular complexity index is 778. The lowest BCUT2D eigenvalue weighted by molar-refractivity contribution is 0.0536. The summed E-state index contributed by atoms with van der Waals surface area (Å²) in [5.41, 5.74) is 1.72. The first-order valence-corrected chi connectivity index (χ1v) is 9.69. The summed E-state index contributed by atoms with van der Waals surface area (Å²) in [4.78, 5) is 29.7. The number of piperazine rings is 1. The largest absolute Gasteiger partial charge is 0.496 e. The normalized spacial score (nSPS) is 14.6. The molecule has 6 heteroatoms. The van der Waals surface area contributed by atoms with Crippen LogP contribution < -0.4 is 4.74 Å². The minimum Gasteiger partial charge on any atom is -0.496 e. The third kappa shape index (κ3) is 3.75. The lowest BCUT2D eigenvalue weighted by Crippen LogP contribution is -2.50. The van der Waals surface area contributed by atoms with E-state index >= 15 is 0 Å². The zero-order valence-corrected chi connectivity index (χ0v) is 16.2. The predicted molar refractivity (Wildman–Crippen MR) is 103 cm³/mol. The van der Waals surface area contributed by atoms with Gasteiger partial charge in [0.2, 0.25) is 0 Å². The molecule has 1 aliphatic rings. The van der Waals surface area contributed by atoms with E-state index in [1.54, 1.807) is 12.0 Å². The average Bonchev–Trinajstić information content (AvgIpc) is 3.21. The standard InChI is InChI=1S/C20H24N2O3S/c1-14(2)15-6-7-16(17(13-15)25-3)19(23)21-8-10-22(11-9-21)20(24)18-5-4-12-26-18/h4-7,12-14H,8-11H2,1-3H3. The van der Waals surface area contributed by atoms with Crippen molar-refractivity contribution < 1.29 is 14.3 Å². The van der Waals surface area contributed by atoms with Gasteiger partial charge in [0, 0.05) is 26.2 Å². The molecule has 0 bridgehead atoms. The fourth-order valence-corrected chi connectivity index (χ4v) is 3.77. The van der Waals surface area contributed by atoms with Crippen molar-refractivity contribution in [3.8, 4) is 5.75 Å². The minimum absolute atomic E-state index is 0.0413. The molecule has 2 heterocycles. The van der Waals surface area contributed by atoms with E-state index in [0.717, 1.165) is 10.4 Å². The van der Waals surface area contributed by atoms with Gasteiger partial charge in [-0.2, -0.15) is 0 Å². The molecule has 0 spiro atoms. The summed E-state index contributed by atoms with van der Waals surface area (Å²) < 4.78 is 5.45. The lowest BCUT2D eigenvalue weighted by Gasteiger charge is -2.34.